The van der Waals surface area contributed by atoms with Crippen LogP contribution in [0.25, 0.3) is 0 Å². The maximum absolute atomic E-state index is 14.9. The molecule has 1 unspecified atom stereocenters. The molecule has 1 fully saturated rings. The van der Waals surface area contributed by atoms with Gasteiger partial charge in [-0.3, -0.25) is 4.90 Å². The van der Waals surface area contributed by atoms with Crippen molar-refractivity contribution in [3.05, 3.63) is 33.8 Å². The Morgan fingerprint density at radius 1 is 1.14 bits per heavy atom. The average molecular weight is 332 g/mol. The fourth-order valence-corrected chi connectivity index (χ4v) is 3.71. The van der Waals surface area contributed by atoms with Gasteiger partial charge in [0.25, 0.3) is 0 Å². The minimum Gasteiger partial charge on any atom is -0.296 e. The summed E-state index contributed by atoms with van der Waals surface area (Å²) in [6.45, 7) is 7.79. The molecular formula is C17H24Cl2FN. The SMILES string of the molecule is CC[C@@H](C)C1(F)CCN(C(C)c2cc(Cl)cc(Cl)c2)CC1. The Kier molecular flexibility index (Phi) is 5.56. The summed E-state index contributed by atoms with van der Waals surface area (Å²) >= 11 is 12.2. The van der Waals surface area contributed by atoms with E-state index in [0.717, 1.165) is 25.1 Å². The largest absolute Gasteiger partial charge is 0.296 e. The zero-order valence-electron chi connectivity index (χ0n) is 13.0. The van der Waals surface area contributed by atoms with E-state index in [4.69, 9.17) is 23.2 Å². The first-order chi connectivity index (χ1) is 9.85. The van der Waals surface area contributed by atoms with Crippen molar-refractivity contribution in [3.63, 3.8) is 0 Å². The molecule has 0 spiro atoms. The molecule has 0 radical (unpaired) electrons. The van der Waals surface area contributed by atoms with Crippen LogP contribution in [-0.4, -0.2) is 23.7 Å². The van der Waals surface area contributed by atoms with Crippen LogP contribution < -0.4 is 0 Å². The summed E-state index contributed by atoms with van der Waals surface area (Å²) in [7, 11) is 0. The molecule has 1 saturated heterocycles. The number of halogens is 3. The first kappa shape index (κ1) is 17.1. The summed E-state index contributed by atoms with van der Waals surface area (Å²) in [5.74, 6) is 0.135. The molecule has 2 rings (SSSR count). The minimum absolute atomic E-state index is 0.135. The van der Waals surface area contributed by atoms with E-state index in [-0.39, 0.29) is 12.0 Å². The molecule has 1 heterocycles. The first-order valence-corrected chi connectivity index (χ1v) is 8.50. The molecule has 0 saturated carbocycles. The Labute approximate surface area is 137 Å². The molecule has 1 aliphatic rings. The highest BCUT2D eigenvalue weighted by Gasteiger charge is 2.39. The van der Waals surface area contributed by atoms with Crippen LogP contribution in [0.3, 0.4) is 0 Å². The van der Waals surface area contributed by atoms with Gasteiger partial charge in [-0.05, 0) is 49.4 Å². The highest BCUT2D eigenvalue weighted by Crippen LogP contribution is 2.38. The lowest BCUT2D eigenvalue weighted by atomic mass is 9.80. The summed E-state index contributed by atoms with van der Waals surface area (Å²) in [5.41, 5.74) is 0.0964. The van der Waals surface area contributed by atoms with Gasteiger partial charge >= 0.3 is 0 Å². The summed E-state index contributed by atoms with van der Waals surface area (Å²) in [6, 6.07) is 5.85. The van der Waals surface area contributed by atoms with Crippen molar-refractivity contribution in [1.82, 2.24) is 4.90 Å². The number of benzene rings is 1. The summed E-state index contributed by atoms with van der Waals surface area (Å²) in [4.78, 5) is 2.32. The molecule has 0 bridgehead atoms. The Hall–Kier alpha value is -0.310. The highest BCUT2D eigenvalue weighted by molar-refractivity contribution is 6.34. The van der Waals surface area contributed by atoms with Crippen molar-refractivity contribution in [3.8, 4) is 0 Å². The topological polar surface area (TPSA) is 3.24 Å². The third-order valence-electron chi connectivity index (χ3n) is 5.04. The van der Waals surface area contributed by atoms with Gasteiger partial charge in [0.2, 0.25) is 0 Å². The monoisotopic (exact) mass is 331 g/mol. The fraction of sp³-hybridized carbons (Fsp3) is 0.647. The number of nitrogens with zero attached hydrogens (tertiary/aromatic N) is 1. The molecule has 4 heteroatoms. The summed E-state index contributed by atoms with van der Waals surface area (Å²) in [5, 5.41) is 1.31. The molecule has 2 atom stereocenters. The predicted molar refractivity (Wildman–Crippen MR) is 89.0 cm³/mol. The number of hydrogen-bond acceptors (Lipinski definition) is 1. The zero-order chi connectivity index (χ0) is 15.6. The van der Waals surface area contributed by atoms with Crippen LogP contribution in [0, 0.1) is 5.92 Å². The van der Waals surface area contributed by atoms with Gasteiger partial charge in [-0.2, -0.15) is 0 Å². The number of piperidine rings is 1. The van der Waals surface area contributed by atoms with E-state index in [0.29, 0.717) is 22.9 Å². The van der Waals surface area contributed by atoms with Crippen LogP contribution in [-0.2, 0) is 0 Å². The lowest BCUT2D eigenvalue weighted by Crippen LogP contribution is -2.45. The molecule has 1 aromatic rings. The third kappa shape index (κ3) is 3.91. The van der Waals surface area contributed by atoms with E-state index < -0.39 is 5.67 Å². The maximum atomic E-state index is 14.9. The zero-order valence-corrected chi connectivity index (χ0v) is 14.5. The van der Waals surface area contributed by atoms with Crippen LogP contribution in [0.2, 0.25) is 10.0 Å². The highest BCUT2D eigenvalue weighted by atomic mass is 35.5. The molecule has 0 amide bonds. The van der Waals surface area contributed by atoms with Gasteiger partial charge in [0.1, 0.15) is 5.67 Å². The molecule has 118 valence electrons. The molecular weight excluding hydrogens is 308 g/mol. The van der Waals surface area contributed by atoms with Crippen molar-refractivity contribution in [2.45, 2.75) is 51.7 Å². The van der Waals surface area contributed by atoms with Crippen molar-refractivity contribution >= 4 is 23.2 Å². The van der Waals surface area contributed by atoms with E-state index in [2.05, 4.69) is 18.7 Å². The van der Waals surface area contributed by atoms with Crippen LogP contribution in [0.1, 0.15) is 51.6 Å². The summed E-state index contributed by atoms with van der Waals surface area (Å²) < 4.78 is 14.9. The Morgan fingerprint density at radius 3 is 2.14 bits per heavy atom. The van der Waals surface area contributed by atoms with Crippen LogP contribution >= 0.6 is 23.2 Å². The van der Waals surface area contributed by atoms with E-state index in [1.807, 2.05) is 19.1 Å². The van der Waals surface area contributed by atoms with Gasteiger partial charge in [-0.1, -0.05) is 43.5 Å². The van der Waals surface area contributed by atoms with Crippen molar-refractivity contribution in [2.24, 2.45) is 5.92 Å². The number of alkyl halides is 1. The molecule has 1 nitrogen and oxygen atoms in total. The summed E-state index contributed by atoms with van der Waals surface area (Å²) in [6.07, 6.45) is 2.12. The van der Waals surface area contributed by atoms with E-state index in [1.54, 1.807) is 6.07 Å². The Bertz CT molecular complexity index is 463. The van der Waals surface area contributed by atoms with Gasteiger partial charge < -0.3 is 0 Å². The van der Waals surface area contributed by atoms with Crippen LogP contribution in [0.5, 0.6) is 0 Å². The average Bonchev–Trinajstić information content (AvgIpc) is 2.45. The third-order valence-corrected chi connectivity index (χ3v) is 5.48. The van der Waals surface area contributed by atoms with E-state index >= 15 is 0 Å². The number of likely N-dealkylation sites (tertiary alicyclic amines) is 1. The van der Waals surface area contributed by atoms with Crippen molar-refractivity contribution in [2.75, 3.05) is 13.1 Å². The maximum Gasteiger partial charge on any atom is 0.116 e. The smallest absolute Gasteiger partial charge is 0.116 e. The first-order valence-electron chi connectivity index (χ1n) is 7.74. The van der Waals surface area contributed by atoms with Gasteiger partial charge in [0.15, 0.2) is 0 Å². The predicted octanol–water partition coefficient (Wildman–Crippen LogP) is 5.90. The minimum atomic E-state index is -1.00. The quantitative estimate of drug-likeness (QED) is 0.663. The normalized spacial score (nSPS) is 22.0. The second-order valence-corrected chi connectivity index (χ2v) is 7.13. The number of hydrogen-bond donors (Lipinski definition) is 0. The molecule has 0 N–H and O–H groups in total. The Morgan fingerprint density at radius 2 is 1.67 bits per heavy atom. The van der Waals surface area contributed by atoms with Crippen molar-refractivity contribution in [1.29, 1.82) is 0 Å². The molecule has 0 aliphatic carbocycles. The van der Waals surface area contributed by atoms with Crippen molar-refractivity contribution < 1.29 is 4.39 Å². The van der Waals surface area contributed by atoms with E-state index in [9.17, 15) is 4.39 Å². The molecule has 1 aliphatic heterocycles. The van der Waals surface area contributed by atoms with Gasteiger partial charge in [0, 0.05) is 29.2 Å². The second-order valence-electron chi connectivity index (χ2n) is 6.26. The standard InChI is InChI=1S/C17H24Cl2FN/c1-4-12(2)17(20)5-7-21(8-6-17)13(3)14-9-15(18)11-16(19)10-14/h9-13H,4-8H2,1-3H3/t12-,13?/m1/s1. The molecule has 21 heavy (non-hydrogen) atoms. The molecule has 0 aromatic heterocycles. The fourth-order valence-electron chi connectivity index (χ4n) is 3.17. The van der Waals surface area contributed by atoms with Crippen LogP contribution in [0.4, 0.5) is 4.39 Å². The molecule has 1 aromatic carbocycles. The lowest BCUT2D eigenvalue weighted by molar-refractivity contribution is 0.000594. The number of rotatable bonds is 4. The van der Waals surface area contributed by atoms with Crippen LogP contribution in [0.15, 0.2) is 18.2 Å². The van der Waals surface area contributed by atoms with Gasteiger partial charge in [0.05, 0.1) is 0 Å². The van der Waals surface area contributed by atoms with Gasteiger partial charge in [-0.15, -0.1) is 0 Å². The lowest BCUT2D eigenvalue weighted by Gasteiger charge is -2.42. The van der Waals surface area contributed by atoms with Gasteiger partial charge in [-0.25, -0.2) is 4.39 Å². The second kappa shape index (κ2) is 6.85. The Balaban J connectivity index is 2.04. The van der Waals surface area contributed by atoms with E-state index in [1.165, 1.54) is 0 Å².